The lowest BCUT2D eigenvalue weighted by Gasteiger charge is -2.29. The number of aromatic nitrogens is 2. The Morgan fingerprint density at radius 3 is 2.22 bits per heavy atom. The number of rotatable bonds is 5. The molecule has 0 atom stereocenters. The van der Waals surface area contributed by atoms with Crippen LogP contribution in [0, 0.1) is 0 Å². The Morgan fingerprint density at radius 2 is 1.70 bits per heavy atom. The fourth-order valence-electron chi connectivity index (χ4n) is 2.49. The molecule has 11 heteroatoms. The number of carbonyl (C=O) groups excluding carboxylic acids is 1. The van der Waals surface area contributed by atoms with Crippen molar-refractivity contribution in [1.82, 2.24) is 20.8 Å². The van der Waals surface area contributed by atoms with Crippen molar-refractivity contribution in [1.29, 1.82) is 0 Å². The highest BCUT2D eigenvalue weighted by Gasteiger charge is 2.31. The average molecular weight is 392 g/mol. The molecular formula is C16H23F3N4O4. The summed E-state index contributed by atoms with van der Waals surface area (Å²) in [6.07, 6.45) is -0.845. The molecule has 152 valence electrons. The quantitative estimate of drug-likeness (QED) is 0.744. The van der Waals surface area contributed by atoms with Gasteiger partial charge in [0.1, 0.15) is 11.7 Å². The molecule has 0 bridgehead atoms. The third-order valence-electron chi connectivity index (χ3n) is 3.56. The molecule has 27 heavy (non-hydrogen) atoms. The standard InChI is InChI=1S/C16H23F3N4O4/c1-15(2,3)27-14(24)23-22-10-4-6-11(7-5-10)25-13-20-8-12(9-21-13)26-16(17,18)19/h8-11,22H,4-7H2,1-3H3,(H,23,24). The van der Waals surface area contributed by atoms with Crippen molar-refractivity contribution >= 4 is 6.09 Å². The molecule has 0 aliphatic heterocycles. The van der Waals surface area contributed by atoms with Crippen LogP contribution >= 0.6 is 0 Å². The number of halogens is 3. The summed E-state index contributed by atoms with van der Waals surface area (Å²) in [4.78, 5) is 19.0. The molecule has 2 N–H and O–H groups in total. The number of nitrogens with zero attached hydrogens (tertiary/aromatic N) is 2. The zero-order chi connectivity index (χ0) is 20.1. The first-order valence-electron chi connectivity index (χ1n) is 8.49. The first kappa shape index (κ1) is 21.0. The van der Waals surface area contributed by atoms with E-state index in [0.717, 1.165) is 25.2 Å². The third-order valence-corrected chi connectivity index (χ3v) is 3.56. The molecule has 1 fully saturated rings. The van der Waals surface area contributed by atoms with Crippen LogP contribution < -0.4 is 20.3 Å². The van der Waals surface area contributed by atoms with Crippen molar-refractivity contribution in [3.05, 3.63) is 12.4 Å². The summed E-state index contributed by atoms with van der Waals surface area (Å²) >= 11 is 0. The Hall–Kier alpha value is -2.30. The molecule has 1 aromatic rings. The van der Waals surface area contributed by atoms with Gasteiger partial charge in [-0.3, -0.25) is 5.43 Å². The van der Waals surface area contributed by atoms with Crippen molar-refractivity contribution in [3.63, 3.8) is 0 Å². The van der Waals surface area contributed by atoms with E-state index in [2.05, 4.69) is 25.6 Å². The maximum absolute atomic E-state index is 12.1. The number of hydrogen-bond acceptors (Lipinski definition) is 7. The van der Waals surface area contributed by atoms with Gasteiger partial charge in [-0.25, -0.2) is 10.2 Å². The molecular weight excluding hydrogens is 369 g/mol. The molecule has 0 saturated heterocycles. The Bertz CT molecular complexity index is 612. The van der Waals surface area contributed by atoms with Gasteiger partial charge in [0.05, 0.1) is 12.4 Å². The number of amides is 1. The molecule has 8 nitrogen and oxygen atoms in total. The predicted octanol–water partition coefficient (Wildman–Crippen LogP) is 3.09. The molecule has 1 aliphatic rings. The number of hydrazine groups is 1. The Kier molecular flexibility index (Phi) is 6.68. The van der Waals surface area contributed by atoms with Crippen LogP contribution in [-0.2, 0) is 4.74 Å². The van der Waals surface area contributed by atoms with Gasteiger partial charge >= 0.3 is 18.5 Å². The van der Waals surface area contributed by atoms with Gasteiger partial charge in [-0.05, 0) is 46.5 Å². The second kappa shape index (κ2) is 8.59. The minimum absolute atomic E-state index is 0.00665. The predicted molar refractivity (Wildman–Crippen MR) is 87.9 cm³/mol. The fourth-order valence-corrected chi connectivity index (χ4v) is 2.49. The van der Waals surface area contributed by atoms with Crippen LogP contribution in [-0.4, -0.2) is 40.2 Å². The third kappa shape index (κ3) is 8.29. The van der Waals surface area contributed by atoms with E-state index in [0.29, 0.717) is 12.8 Å². The van der Waals surface area contributed by atoms with Gasteiger partial charge in [-0.1, -0.05) is 0 Å². The molecule has 1 aliphatic carbocycles. The second-order valence-electron chi connectivity index (χ2n) is 7.11. The molecule has 0 aromatic carbocycles. The Balaban J connectivity index is 1.71. The number of carbonyl (C=O) groups is 1. The minimum atomic E-state index is -4.79. The van der Waals surface area contributed by atoms with E-state index in [1.165, 1.54) is 0 Å². The van der Waals surface area contributed by atoms with E-state index in [9.17, 15) is 18.0 Å². The lowest BCUT2D eigenvalue weighted by Crippen LogP contribution is -2.48. The molecule has 1 saturated carbocycles. The van der Waals surface area contributed by atoms with Crippen molar-refractivity contribution in [2.24, 2.45) is 0 Å². The van der Waals surface area contributed by atoms with E-state index in [1.807, 2.05) is 0 Å². The number of hydrogen-bond donors (Lipinski definition) is 2. The van der Waals surface area contributed by atoms with E-state index >= 15 is 0 Å². The van der Waals surface area contributed by atoms with Crippen LogP contribution in [0.15, 0.2) is 12.4 Å². The first-order valence-corrected chi connectivity index (χ1v) is 8.49. The van der Waals surface area contributed by atoms with Crippen LogP contribution in [0.25, 0.3) is 0 Å². The summed E-state index contributed by atoms with van der Waals surface area (Å²) in [5, 5.41) is 0. The van der Waals surface area contributed by atoms with Gasteiger partial charge in [0, 0.05) is 6.04 Å². The SMILES string of the molecule is CC(C)(C)OC(=O)NNC1CCC(Oc2ncc(OC(F)(F)F)cn2)CC1. The monoisotopic (exact) mass is 392 g/mol. The van der Waals surface area contributed by atoms with Gasteiger partial charge in [0.2, 0.25) is 0 Å². The van der Waals surface area contributed by atoms with Crippen LogP contribution in [0.1, 0.15) is 46.5 Å². The molecule has 2 rings (SSSR count). The minimum Gasteiger partial charge on any atom is -0.460 e. The van der Waals surface area contributed by atoms with Crippen LogP contribution in [0.5, 0.6) is 11.8 Å². The van der Waals surface area contributed by atoms with Crippen LogP contribution in [0.3, 0.4) is 0 Å². The van der Waals surface area contributed by atoms with Gasteiger partial charge in [-0.15, -0.1) is 13.2 Å². The van der Waals surface area contributed by atoms with Crippen molar-refractivity contribution in [2.45, 2.75) is 70.6 Å². The van der Waals surface area contributed by atoms with Gasteiger partial charge in [0.15, 0.2) is 5.75 Å². The Labute approximate surface area is 154 Å². The lowest BCUT2D eigenvalue weighted by atomic mass is 9.93. The van der Waals surface area contributed by atoms with Crippen LogP contribution in [0.2, 0.25) is 0 Å². The summed E-state index contributed by atoms with van der Waals surface area (Å²) in [7, 11) is 0. The molecule has 0 unspecified atom stereocenters. The van der Waals surface area contributed by atoms with Crippen molar-refractivity contribution in [3.8, 4) is 11.8 Å². The highest BCUT2D eigenvalue weighted by molar-refractivity contribution is 5.67. The highest BCUT2D eigenvalue weighted by Crippen LogP contribution is 2.24. The van der Waals surface area contributed by atoms with E-state index in [-0.39, 0.29) is 18.2 Å². The number of alkyl halides is 3. The summed E-state index contributed by atoms with van der Waals surface area (Å²) < 4.78 is 50.7. The van der Waals surface area contributed by atoms with E-state index in [1.54, 1.807) is 20.8 Å². The molecule has 1 aromatic heterocycles. The Morgan fingerprint density at radius 1 is 1.11 bits per heavy atom. The summed E-state index contributed by atoms with van der Waals surface area (Å²) in [5.41, 5.74) is 4.87. The normalized spacial score (nSPS) is 20.7. The van der Waals surface area contributed by atoms with Crippen molar-refractivity contribution < 1.29 is 32.2 Å². The molecule has 0 radical (unpaired) electrons. The van der Waals surface area contributed by atoms with Gasteiger partial charge < -0.3 is 14.2 Å². The zero-order valence-electron chi connectivity index (χ0n) is 15.3. The number of nitrogens with one attached hydrogen (secondary N) is 2. The molecule has 1 amide bonds. The topological polar surface area (TPSA) is 94.6 Å². The lowest BCUT2D eigenvalue weighted by molar-refractivity contribution is -0.274. The summed E-state index contributed by atoms with van der Waals surface area (Å²) in [5.74, 6) is -0.504. The van der Waals surface area contributed by atoms with Gasteiger partial charge in [0.25, 0.3) is 0 Å². The molecule has 0 spiro atoms. The van der Waals surface area contributed by atoms with Crippen molar-refractivity contribution in [2.75, 3.05) is 0 Å². The number of ether oxygens (including phenoxy) is 3. The van der Waals surface area contributed by atoms with E-state index < -0.39 is 23.8 Å². The van der Waals surface area contributed by atoms with E-state index in [4.69, 9.17) is 9.47 Å². The summed E-state index contributed by atoms with van der Waals surface area (Å²) in [6.45, 7) is 5.33. The zero-order valence-corrected chi connectivity index (χ0v) is 15.3. The maximum Gasteiger partial charge on any atom is 0.573 e. The molecule has 1 heterocycles. The van der Waals surface area contributed by atoms with Gasteiger partial charge in [-0.2, -0.15) is 9.97 Å². The largest absolute Gasteiger partial charge is 0.573 e. The second-order valence-corrected chi connectivity index (χ2v) is 7.11. The maximum atomic E-state index is 12.1. The smallest absolute Gasteiger partial charge is 0.460 e. The highest BCUT2D eigenvalue weighted by atomic mass is 19.4. The average Bonchev–Trinajstić information content (AvgIpc) is 2.53. The fraction of sp³-hybridized carbons (Fsp3) is 0.688. The summed E-state index contributed by atoms with van der Waals surface area (Å²) in [6, 6.07) is 0.0636. The van der Waals surface area contributed by atoms with Crippen LogP contribution in [0.4, 0.5) is 18.0 Å². The first-order chi connectivity index (χ1) is 12.5.